The molecule has 1 fully saturated rings. The van der Waals surface area contributed by atoms with Crippen LogP contribution >= 0.6 is 0 Å². The van der Waals surface area contributed by atoms with Crippen molar-refractivity contribution in [3.63, 3.8) is 0 Å². The van der Waals surface area contributed by atoms with E-state index in [-0.39, 0.29) is 24.7 Å². The number of amides is 3. The predicted octanol–water partition coefficient (Wildman–Crippen LogP) is -1.43. The number of aliphatic hydroxyl groups excluding tert-OH is 1. The molecule has 0 bridgehead atoms. The molecule has 12 heteroatoms. The van der Waals surface area contributed by atoms with Gasteiger partial charge in [-0.25, -0.2) is 4.79 Å². The maximum Gasteiger partial charge on any atom is 0.326 e. The Morgan fingerprint density at radius 2 is 1.62 bits per heavy atom. The minimum Gasteiger partial charge on any atom is -0.481 e. The zero-order valence-corrected chi connectivity index (χ0v) is 18.6. The van der Waals surface area contributed by atoms with Crippen molar-refractivity contribution in [2.24, 2.45) is 5.92 Å². The molecule has 0 saturated carbocycles. The number of aliphatic carboxylic acids is 2. The van der Waals surface area contributed by atoms with Gasteiger partial charge in [-0.15, -0.1) is 0 Å². The van der Waals surface area contributed by atoms with E-state index in [1.54, 1.807) is 0 Å². The second-order valence-electron chi connectivity index (χ2n) is 8.40. The fourth-order valence-electron chi connectivity index (χ4n) is 3.33. The lowest BCUT2D eigenvalue weighted by Gasteiger charge is -2.27. The second kappa shape index (κ2) is 13.0. The van der Waals surface area contributed by atoms with Crippen molar-refractivity contribution in [3.05, 3.63) is 0 Å². The largest absolute Gasteiger partial charge is 0.481 e. The molecule has 7 N–H and O–H groups in total. The monoisotopic (exact) mass is 458 g/mol. The number of rotatable bonds is 13. The van der Waals surface area contributed by atoms with Crippen LogP contribution in [-0.4, -0.2) is 81.8 Å². The zero-order chi connectivity index (χ0) is 24.4. The van der Waals surface area contributed by atoms with Gasteiger partial charge in [-0.3, -0.25) is 19.2 Å². The molecule has 5 unspecified atom stereocenters. The number of carboxylic acids is 2. The van der Waals surface area contributed by atoms with Gasteiger partial charge in [0.1, 0.15) is 18.1 Å². The van der Waals surface area contributed by atoms with Crippen molar-refractivity contribution in [3.8, 4) is 0 Å². The lowest BCUT2D eigenvalue weighted by molar-refractivity contribution is -0.144. The molecule has 0 aromatic rings. The van der Waals surface area contributed by atoms with Crippen LogP contribution in [0.4, 0.5) is 0 Å². The first-order valence-corrected chi connectivity index (χ1v) is 10.7. The van der Waals surface area contributed by atoms with Gasteiger partial charge in [-0.05, 0) is 45.1 Å². The lowest BCUT2D eigenvalue weighted by atomic mass is 10.0. The predicted molar refractivity (Wildman–Crippen MR) is 112 cm³/mol. The molecule has 1 heterocycles. The summed E-state index contributed by atoms with van der Waals surface area (Å²) in [7, 11) is 0. The molecule has 32 heavy (non-hydrogen) atoms. The van der Waals surface area contributed by atoms with Gasteiger partial charge in [0.15, 0.2) is 0 Å². The Morgan fingerprint density at radius 3 is 2.09 bits per heavy atom. The molecule has 1 rings (SSSR count). The summed E-state index contributed by atoms with van der Waals surface area (Å²) in [6.07, 6.45) is -0.448. The summed E-state index contributed by atoms with van der Waals surface area (Å²) in [5, 5.41) is 38.2. The summed E-state index contributed by atoms with van der Waals surface area (Å²) in [5.74, 6) is -4.63. The quantitative estimate of drug-likeness (QED) is 0.173. The van der Waals surface area contributed by atoms with Gasteiger partial charge in [0, 0.05) is 6.42 Å². The molecule has 0 aromatic heterocycles. The fourth-order valence-corrected chi connectivity index (χ4v) is 3.33. The van der Waals surface area contributed by atoms with E-state index in [9.17, 15) is 34.2 Å². The molecular weight excluding hydrogens is 424 g/mol. The Bertz CT molecular complexity index is 691. The number of hydrogen-bond acceptors (Lipinski definition) is 7. The average Bonchev–Trinajstić information content (AvgIpc) is 3.22. The maximum absolute atomic E-state index is 12.9. The molecule has 1 aliphatic rings. The van der Waals surface area contributed by atoms with Gasteiger partial charge in [0.2, 0.25) is 17.7 Å². The summed E-state index contributed by atoms with van der Waals surface area (Å²) in [6.45, 7) is 5.67. The molecule has 5 atom stereocenters. The fraction of sp³-hybridized carbons (Fsp3) is 0.750. The number of aliphatic hydroxyl groups is 1. The highest BCUT2D eigenvalue weighted by Crippen LogP contribution is 2.10. The van der Waals surface area contributed by atoms with Crippen LogP contribution in [0.2, 0.25) is 0 Å². The molecule has 0 aliphatic carbocycles. The van der Waals surface area contributed by atoms with E-state index in [0.717, 1.165) is 6.42 Å². The Labute approximate surface area is 186 Å². The number of carbonyl (C=O) groups excluding carboxylic acids is 3. The minimum absolute atomic E-state index is 0.0359. The van der Waals surface area contributed by atoms with Crippen LogP contribution in [0.25, 0.3) is 0 Å². The number of carbonyl (C=O) groups is 5. The first kappa shape index (κ1) is 27.3. The number of nitrogens with one attached hydrogen (secondary N) is 4. The van der Waals surface area contributed by atoms with Crippen LogP contribution in [0.5, 0.6) is 0 Å². The van der Waals surface area contributed by atoms with E-state index in [0.29, 0.717) is 13.0 Å². The molecule has 1 saturated heterocycles. The Hall–Kier alpha value is -2.73. The second-order valence-corrected chi connectivity index (χ2v) is 8.40. The van der Waals surface area contributed by atoms with Gasteiger partial charge in [0.05, 0.1) is 12.1 Å². The lowest BCUT2D eigenvalue weighted by Crippen LogP contribution is -2.60. The van der Waals surface area contributed by atoms with Crippen molar-refractivity contribution < 1.29 is 39.3 Å². The third-order valence-electron chi connectivity index (χ3n) is 5.04. The molecule has 3 amide bonds. The average molecular weight is 459 g/mol. The van der Waals surface area contributed by atoms with Gasteiger partial charge < -0.3 is 36.6 Å². The van der Waals surface area contributed by atoms with Crippen molar-refractivity contribution in [2.45, 2.75) is 83.1 Å². The normalized spacial score (nSPS) is 19.5. The van der Waals surface area contributed by atoms with Crippen LogP contribution in [0.3, 0.4) is 0 Å². The van der Waals surface area contributed by atoms with Crippen LogP contribution in [0.1, 0.15) is 52.9 Å². The molecule has 0 aromatic carbocycles. The third kappa shape index (κ3) is 9.18. The van der Waals surface area contributed by atoms with Crippen molar-refractivity contribution >= 4 is 29.7 Å². The smallest absolute Gasteiger partial charge is 0.326 e. The van der Waals surface area contributed by atoms with E-state index >= 15 is 0 Å². The number of hydrogen-bond donors (Lipinski definition) is 7. The summed E-state index contributed by atoms with van der Waals surface area (Å²) >= 11 is 0. The Morgan fingerprint density at radius 1 is 0.969 bits per heavy atom. The van der Waals surface area contributed by atoms with E-state index < -0.39 is 60.4 Å². The van der Waals surface area contributed by atoms with Crippen LogP contribution in [0.15, 0.2) is 0 Å². The van der Waals surface area contributed by atoms with Crippen LogP contribution in [0, 0.1) is 5.92 Å². The van der Waals surface area contributed by atoms with E-state index in [1.165, 1.54) is 6.92 Å². The van der Waals surface area contributed by atoms with Crippen molar-refractivity contribution in [1.82, 2.24) is 21.3 Å². The summed E-state index contributed by atoms with van der Waals surface area (Å²) in [6, 6.07) is -4.36. The molecule has 0 radical (unpaired) electrons. The third-order valence-corrected chi connectivity index (χ3v) is 5.04. The SMILES string of the molecule is CC(C)CC(NC(=O)C1CCCN1)C(=O)NC(C(=O)NC(CCC(=O)O)C(=O)O)C(C)O. The van der Waals surface area contributed by atoms with Gasteiger partial charge in [-0.2, -0.15) is 0 Å². The summed E-state index contributed by atoms with van der Waals surface area (Å²) < 4.78 is 0. The molecule has 0 spiro atoms. The molecule has 182 valence electrons. The molecular formula is C20H34N4O8. The van der Waals surface area contributed by atoms with E-state index in [2.05, 4.69) is 21.3 Å². The summed E-state index contributed by atoms with van der Waals surface area (Å²) in [5.41, 5.74) is 0. The van der Waals surface area contributed by atoms with Crippen molar-refractivity contribution in [2.75, 3.05) is 6.54 Å². The molecule has 12 nitrogen and oxygen atoms in total. The van der Waals surface area contributed by atoms with Crippen molar-refractivity contribution in [1.29, 1.82) is 0 Å². The Kier molecular flexibility index (Phi) is 11.1. The van der Waals surface area contributed by atoms with Gasteiger partial charge in [0.25, 0.3) is 0 Å². The minimum atomic E-state index is -1.50. The molecule has 1 aliphatic heterocycles. The highest BCUT2D eigenvalue weighted by Gasteiger charge is 2.33. The first-order chi connectivity index (χ1) is 14.9. The van der Waals surface area contributed by atoms with Crippen LogP contribution < -0.4 is 21.3 Å². The highest BCUT2D eigenvalue weighted by molar-refractivity contribution is 5.94. The van der Waals surface area contributed by atoms with Crippen LogP contribution in [-0.2, 0) is 24.0 Å². The Balaban J connectivity index is 2.87. The van der Waals surface area contributed by atoms with Gasteiger partial charge in [-0.1, -0.05) is 13.8 Å². The first-order valence-electron chi connectivity index (χ1n) is 10.7. The zero-order valence-electron chi connectivity index (χ0n) is 18.6. The standard InChI is InChI=1S/C20H34N4O8/c1-10(2)9-14(23-17(28)12-5-4-8-21-12)18(29)24-16(11(3)25)19(30)22-13(20(31)32)6-7-15(26)27/h10-14,16,21,25H,4-9H2,1-3H3,(H,22,30)(H,23,28)(H,24,29)(H,26,27)(H,31,32). The van der Waals surface area contributed by atoms with Gasteiger partial charge >= 0.3 is 11.9 Å². The summed E-state index contributed by atoms with van der Waals surface area (Å²) in [4.78, 5) is 59.9. The number of carboxylic acid groups (broad SMARTS) is 2. The van der Waals surface area contributed by atoms with E-state index in [4.69, 9.17) is 5.11 Å². The topological polar surface area (TPSA) is 194 Å². The maximum atomic E-state index is 12.9. The highest BCUT2D eigenvalue weighted by atomic mass is 16.4. The van der Waals surface area contributed by atoms with E-state index in [1.807, 2.05) is 13.8 Å².